The smallest absolute Gasteiger partial charge is 0.120 e. The van der Waals surface area contributed by atoms with Gasteiger partial charge in [0.1, 0.15) is 5.82 Å². The Bertz CT molecular complexity index is 462. The molecule has 0 unspecified atom stereocenters. The Morgan fingerprint density at radius 2 is 1.94 bits per heavy atom. The summed E-state index contributed by atoms with van der Waals surface area (Å²) in [6.45, 7) is 2.60. The molecule has 0 saturated carbocycles. The van der Waals surface area contributed by atoms with E-state index in [0.29, 0.717) is 0 Å². The van der Waals surface area contributed by atoms with E-state index in [1.807, 2.05) is 6.20 Å². The zero-order chi connectivity index (χ0) is 12.8. The van der Waals surface area contributed by atoms with Crippen molar-refractivity contribution in [2.45, 2.75) is 19.6 Å². The zero-order valence-corrected chi connectivity index (χ0v) is 11.0. The van der Waals surface area contributed by atoms with Gasteiger partial charge in [-0.05, 0) is 25.2 Å². The highest BCUT2D eigenvalue weighted by Crippen LogP contribution is 2.10. The summed E-state index contributed by atoms with van der Waals surface area (Å²) in [5, 5.41) is 3.41. The lowest BCUT2D eigenvalue weighted by atomic mass is 10.1. The monoisotopic (exact) mass is 244 g/mol. The quantitative estimate of drug-likeness (QED) is 0.814. The van der Waals surface area contributed by atoms with Gasteiger partial charge in [-0.2, -0.15) is 0 Å². The van der Waals surface area contributed by atoms with Crippen molar-refractivity contribution in [3.05, 3.63) is 53.6 Å². The molecule has 0 amide bonds. The number of hydrogen-bond donors (Lipinski definition) is 2. The molecule has 2 aromatic rings. The molecule has 0 bridgehead atoms. The van der Waals surface area contributed by atoms with E-state index in [-0.39, 0.29) is 0 Å². The van der Waals surface area contributed by atoms with Gasteiger partial charge in [-0.1, -0.05) is 24.3 Å². The largest absolute Gasteiger partial charge is 0.348 e. The van der Waals surface area contributed by atoms with E-state index in [1.54, 1.807) is 6.20 Å². The third-order valence-electron chi connectivity index (χ3n) is 2.77. The summed E-state index contributed by atoms with van der Waals surface area (Å²) in [5.41, 5.74) is 2.72. The molecule has 1 aromatic carbocycles. The van der Waals surface area contributed by atoms with E-state index in [0.717, 1.165) is 25.5 Å². The SMILES string of the molecule is CN(C)Cc1ccccc1CNCc1ncc[nH]1. The van der Waals surface area contributed by atoms with E-state index >= 15 is 0 Å². The number of nitrogens with one attached hydrogen (secondary N) is 2. The van der Waals surface area contributed by atoms with Crippen LogP contribution in [-0.2, 0) is 19.6 Å². The maximum atomic E-state index is 4.19. The van der Waals surface area contributed by atoms with Gasteiger partial charge in [-0.15, -0.1) is 0 Å². The zero-order valence-electron chi connectivity index (χ0n) is 11.0. The number of aromatic nitrogens is 2. The number of benzene rings is 1. The van der Waals surface area contributed by atoms with Gasteiger partial charge in [-0.3, -0.25) is 0 Å². The fourth-order valence-corrected chi connectivity index (χ4v) is 1.94. The van der Waals surface area contributed by atoms with Crippen LogP contribution < -0.4 is 5.32 Å². The van der Waals surface area contributed by atoms with Crippen molar-refractivity contribution in [2.24, 2.45) is 0 Å². The van der Waals surface area contributed by atoms with Gasteiger partial charge in [0.2, 0.25) is 0 Å². The molecule has 0 aliphatic carbocycles. The molecular weight excluding hydrogens is 224 g/mol. The third-order valence-corrected chi connectivity index (χ3v) is 2.77. The maximum absolute atomic E-state index is 4.19. The Balaban J connectivity index is 1.92. The average molecular weight is 244 g/mol. The minimum atomic E-state index is 0.767. The van der Waals surface area contributed by atoms with E-state index in [2.05, 4.69) is 58.5 Å². The van der Waals surface area contributed by atoms with Crippen molar-refractivity contribution in [1.82, 2.24) is 20.2 Å². The predicted octanol–water partition coefficient (Wildman–Crippen LogP) is 1.76. The second-order valence-electron chi connectivity index (χ2n) is 4.65. The van der Waals surface area contributed by atoms with Crippen LogP contribution in [0.2, 0.25) is 0 Å². The van der Waals surface area contributed by atoms with Crippen LogP contribution in [0.3, 0.4) is 0 Å². The summed E-state index contributed by atoms with van der Waals surface area (Å²) in [4.78, 5) is 9.47. The van der Waals surface area contributed by atoms with Crippen LogP contribution in [0.4, 0.5) is 0 Å². The lowest BCUT2D eigenvalue weighted by Gasteiger charge is -2.14. The van der Waals surface area contributed by atoms with Crippen molar-refractivity contribution < 1.29 is 0 Å². The lowest BCUT2D eigenvalue weighted by molar-refractivity contribution is 0.400. The van der Waals surface area contributed by atoms with Gasteiger partial charge in [0.05, 0.1) is 6.54 Å². The second-order valence-corrected chi connectivity index (χ2v) is 4.65. The molecule has 1 aromatic heterocycles. The molecule has 2 rings (SSSR count). The van der Waals surface area contributed by atoms with Crippen LogP contribution in [0.25, 0.3) is 0 Å². The van der Waals surface area contributed by atoms with E-state index in [4.69, 9.17) is 0 Å². The van der Waals surface area contributed by atoms with Gasteiger partial charge in [0.25, 0.3) is 0 Å². The Kier molecular flexibility index (Phi) is 4.50. The minimum absolute atomic E-state index is 0.767. The minimum Gasteiger partial charge on any atom is -0.348 e. The molecular formula is C14H20N4. The second kappa shape index (κ2) is 6.33. The lowest BCUT2D eigenvalue weighted by Crippen LogP contribution is -2.17. The van der Waals surface area contributed by atoms with Gasteiger partial charge >= 0.3 is 0 Å². The van der Waals surface area contributed by atoms with E-state index in [1.165, 1.54) is 11.1 Å². The van der Waals surface area contributed by atoms with Crippen molar-refractivity contribution in [3.63, 3.8) is 0 Å². The first kappa shape index (κ1) is 12.8. The molecule has 1 heterocycles. The standard InChI is InChI=1S/C14H20N4/c1-18(2)11-13-6-4-3-5-12(13)9-15-10-14-16-7-8-17-14/h3-8,15H,9-11H2,1-2H3,(H,16,17). The first-order chi connectivity index (χ1) is 8.75. The molecule has 0 spiro atoms. The highest BCUT2D eigenvalue weighted by atomic mass is 15.0. The molecule has 0 radical (unpaired) electrons. The van der Waals surface area contributed by atoms with Crippen LogP contribution in [0, 0.1) is 0 Å². The number of rotatable bonds is 6. The fraction of sp³-hybridized carbons (Fsp3) is 0.357. The fourth-order valence-electron chi connectivity index (χ4n) is 1.94. The highest BCUT2D eigenvalue weighted by molar-refractivity contribution is 5.26. The Morgan fingerprint density at radius 1 is 1.17 bits per heavy atom. The summed E-state index contributed by atoms with van der Waals surface area (Å²) in [6, 6.07) is 8.54. The Morgan fingerprint density at radius 3 is 2.61 bits per heavy atom. The third kappa shape index (κ3) is 3.68. The number of imidazole rings is 1. The van der Waals surface area contributed by atoms with Gasteiger partial charge in [-0.25, -0.2) is 4.98 Å². The van der Waals surface area contributed by atoms with Crippen LogP contribution in [0.1, 0.15) is 17.0 Å². The first-order valence-electron chi connectivity index (χ1n) is 6.16. The molecule has 18 heavy (non-hydrogen) atoms. The van der Waals surface area contributed by atoms with Crippen molar-refractivity contribution >= 4 is 0 Å². The summed E-state index contributed by atoms with van der Waals surface area (Å²) in [6.07, 6.45) is 3.62. The molecule has 2 N–H and O–H groups in total. The topological polar surface area (TPSA) is 44.0 Å². The summed E-state index contributed by atoms with van der Waals surface area (Å²) in [5.74, 6) is 0.972. The molecule has 0 fully saturated rings. The number of nitrogens with zero attached hydrogens (tertiary/aromatic N) is 2. The number of hydrogen-bond acceptors (Lipinski definition) is 3. The molecule has 4 heteroatoms. The van der Waals surface area contributed by atoms with Crippen LogP contribution >= 0.6 is 0 Å². The van der Waals surface area contributed by atoms with E-state index < -0.39 is 0 Å². The number of H-pyrrole nitrogens is 1. The highest BCUT2D eigenvalue weighted by Gasteiger charge is 2.03. The van der Waals surface area contributed by atoms with Crippen LogP contribution in [-0.4, -0.2) is 29.0 Å². The van der Waals surface area contributed by atoms with Gasteiger partial charge < -0.3 is 15.2 Å². The number of aromatic amines is 1. The molecule has 0 atom stereocenters. The average Bonchev–Trinajstić information content (AvgIpc) is 2.84. The van der Waals surface area contributed by atoms with Crippen molar-refractivity contribution in [3.8, 4) is 0 Å². The molecule has 0 aliphatic rings. The van der Waals surface area contributed by atoms with Crippen LogP contribution in [0.5, 0.6) is 0 Å². The van der Waals surface area contributed by atoms with Crippen molar-refractivity contribution in [2.75, 3.05) is 14.1 Å². The maximum Gasteiger partial charge on any atom is 0.120 e. The summed E-state index contributed by atoms with van der Waals surface area (Å²) in [7, 11) is 4.18. The molecule has 0 saturated heterocycles. The van der Waals surface area contributed by atoms with Gasteiger partial charge in [0, 0.05) is 25.5 Å². The predicted molar refractivity (Wildman–Crippen MR) is 73.0 cm³/mol. The normalized spacial score (nSPS) is 11.1. The molecule has 96 valence electrons. The van der Waals surface area contributed by atoms with Crippen molar-refractivity contribution in [1.29, 1.82) is 0 Å². The molecule has 4 nitrogen and oxygen atoms in total. The van der Waals surface area contributed by atoms with Crippen LogP contribution in [0.15, 0.2) is 36.7 Å². The Labute approximate surface area is 108 Å². The van der Waals surface area contributed by atoms with E-state index in [9.17, 15) is 0 Å². The summed E-state index contributed by atoms with van der Waals surface area (Å²) < 4.78 is 0. The first-order valence-corrected chi connectivity index (χ1v) is 6.16. The Hall–Kier alpha value is -1.65. The van der Waals surface area contributed by atoms with Gasteiger partial charge in [0.15, 0.2) is 0 Å². The molecule has 0 aliphatic heterocycles. The summed E-state index contributed by atoms with van der Waals surface area (Å²) >= 11 is 0.